The van der Waals surface area contributed by atoms with Crippen molar-refractivity contribution >= 4 is 26.0 Å². The second kappa shape index (κ2) is 5.28. The molecule has 0 aliphatic carbocycles. The average molecular weight is 333 g/mol. The molecule has 1 heterocycles. The van der Waals surface area contributed by atoms with E-state index in [0.717, 1.165) is 18.4 Å². The molecule has 1 aromatic rings. The third kappa shape index (κ3) is 2.77. The van der Waals surface area contributed by atoms with Gasteiger partial charge in [0.05, 0.1) is 4.90 Å². The molecule has 0 amide bonds. The van der Waals surface area contributed by atoms with Crippen LogP contribution in [-0.4, -0.2) is 31.9 Å². The van der Waals surface area contributed by atoms with E-state index in [1.165, 1.54) is 4.31 Å². The molecule has 1 aliphatic heterocycles. The van der Waals surface area contributed by atoms with Crippen molar-refractivity contribution in [1.29, 1.82) is 0 Å². The summed E-state index contributed by atoms with van der Waals surface area (Å²) in [5.74, 6) is 0. The van der Waals surface area contributed by atoms with Gasteiger partial charge in [0.2, 0.25) is 10.0 Å². The van der Waals surface area contributed by atoms with Crippen LogP contribution in [0.25, 0.3) is 0 Å². The summed E-state index contributed by atoms with van der Waals surface area (Å²) >= 11 is 3.33. The molecule has 0 aromatic heterocycles. The van der Waals surface area contributed by atoms with Crippen LogP contribution in [0.1, 0.15) is 18.4 Å². The first-order valence-electron chi connectivity index (χ1n) is 5.93. The molecule has 0 spiro atoms. The Kier molecular flexibility index (Phi) is 4.11. The van der Waals surface area contributed by atoms with E-state index in [1.807, 2.05) is 19.1 Å². The highest BCUT2D eigenvalue weighted by Crippen LogP contribution is 2.27. The lowest BCUT2D eigenvalue weighted by atomic mass is 10.1. The third-order valence-corrected chi connectivity index (χ3v) is 5.97. The molecule has 1 aliphatic rings. The largest absolute Gasteiger partial charge is 0.327 e. The van der Waals surface area contributed by atoms with Crippen molar-refractivity contribution in [2.75, 3.05) is 13.1 Å². The van der Waals surface area contributed by atoms with E-state index in [4.69, 9.17) is 5.73 Å². The van der Waals surface area contributed by atoms with Crippen LogP contribution in [0.3, 0.4) is 0 Å². The molecule has 2 N–H and O–H groups in total. The zero-order chi connectivity index (χ0) is 13.3. The summed E-state index contributed by atoms with van der Waals surface area (Å²) in [4.78, 5) is 0.321. The monoisotopic (exact) mass is 332 g/mol. The maximum absolute atomic E-state index is 12.5. The van der Waals surface area contributed by atoms with Crippen LogP contribution in [0.15, 0.2) is 27.6 Å². The molecule has 0 saturated carbocycles. The Hall–Kier alpha value is -0.430. The van der Waals surface area contributed by atoms with E-state index in [1.54, 1.807) is 6.07 Å². The topological polar surface area (TPSA) is 63.4 Å². The maximum Gasteiger partial charge on any atom is 0.244 e. The summed E-state index contributed by atoms with van der Waals surface area (Å²) in [6, 6.07) is 5.21. The van der Waals surface area contributed by atoms with Crippen LogP contribution in [0.5, 0.6) is 0 Å². The van der Waals surface area contributed by atoms with Crippen molar-refractivity contribution in [3.63, 3.8) is 0 Å². The van der Waals surface area contributed by atoms with Crippen LogP contribution < -0.4 is 5.73 Å². The first kappa shape index (κ1) is 14.0. The molecule has 1 aromatic carbocycles. The molecule has 1 fully saturated rings. The maximum atomic E-state index is 12.5. The highest BCUT2D eigenvalue weighted by atomic mass is 79.9. The molecule has 0 radical (unpaired) electrons. The average Bonchev–Trinajstić information content (AvgIpc) is 2.28. The summed E-state index contributed by atoms with van der Waals surface area (Å²) in [6.45, 7) is 2.89. The Balaban J connectivity index is 2.35. The number of halogens is 1. The van der Waals surface area contributed by atoms with Gasteiger partial charge in [-0.15, -0.1) is 0 Å². The minimum absolute atomic E-state index is 0.0576. The van der Waals surface area contributed by atoms with Crippen molar-refractivity contribution in [3.8, 4) is 0 Å². The van der Waals surface area contributed by atoms with Gasteiger partial charge in [-0.1, -0.05) is 6.07 Å². The molecule has 18 heavy (non-hydrogen) atoms. The fourth-order valence-electron chi connectivity index (χ4n) is 2.15. The minimum Gasteiger partial charge on any atom is -0.327 e. The number of rotatable bonds is 2. The number of aryl methyl sites for hydroxylation is 1. The number of piperidine rings is 1. The molecule has 2 rings (SSSR count). The summed E-state index contributed by atoms with van der Waals surface area (Å²) in [6.07, 6.45) is 1.71. The van der Waals surface area contributed by atoms with Crippen molar-refractivity contribution < 1.29 is 8.42 Å². The normalized spacial score (nSPS) is 22.1. The Labute approximate surface area is 116 Å². The predicted octanol–water partition coefficient (Wildman–Crippen LogP) is 1.87. The minimum atomic E-state index is -3.44. The van der Waals surface area contributed by atoms with Crippen LogP contribution in [0.2, 0.25) is 0 Å². The predicted molar refractivity (Wildman–Crippen MR) is 74.8 cm³/mol. The number of nitrogens with two attached hydrogens (primary N) is 1. The fraction of sp³-hybridized carbons (Fsp3) is 0.500. The molecule has 6 heteroatoms. The van der Waals surface area contributed by atoms with Crippen molar-refractivity contribution in [2.24, 2.45) is 5.73 Å². The van der Waals surface area contributed by atoms with E-state index in [-0.39, 0.29) is 6.04 Å². The zero-order valence-electron chi connectivity index (χ0n) is 10.3. The Morgan fingerprint density at radius 3 is 2.78 bits per heavy atom. The number of hydrogen-bond acceptors (Lipinski definition) is 3. The van der Waals surface area contributed by atoms with E-state index in [9.17, 15) is 8.42 Å². The van der Waals surface area contributed by atoms with Crippen molar-refractivity contribution in [1.82, 2.24) is 4.31 Å². The first-order valence-corrected chi connectivity index (χ1v) is 8.16. The Morgan fingerprint density at radius 2 is 2.17 bits per heavy atom. The van der Waals surface area contributed by atoms with Gasteiger partial charge in [-0.05, 0) is 53.4 Å². The molecule has 1 saturated heterocycles. The molecule has 0 unspecified atom stereocenters. The van der Waals surface area contributed by atoms with E-state index >= 15 is 0 Å². The smallest absolute Gasteiger partial charge is 0.244 e. The van der Waals surface area contributed by atoms with Crippen molar-refractivity contribution in [2.45, 2.75) is 30.7 Å². The SMILES string of the molecule is Cc1ccc(S(=O)(=O)N2CCC[C@@H](N)C2)c(Br)c1. The molecule has 1 atom stereocenters. The van der Waals surface area contributed by atoms with Gasteiger partial charge in [0, 0.05) is 23.6 Å². The molecule has 0 bridgehead atoms. The lowest BCUT2D eigenvalue weighted by Gasteiger charge is -2.30. The van der Waals surface area contributed by atoms with E-state index in [0.29, 0.717) is 22.5 Å². The second-order valence-electron chi connectivity index (χ2n) is 4.70. The van der Waals surface area contributed by atoms with Crippen LogP contribution >= 0.6 is 15.9 Å². The van der Waals surface area contributed by atoms with E-state index in [2.05, 4.69) is 15.9 Å². The number of benzene rings is 1. The number of hydrogen-bond donors (Lipinski definition) is 1. The van der Waals surface area contributed by atoms with Gasteiger partial charge in [-0.3, -0.25) is 0 Å². The second-order valence-corrected chi connectivity index (χ2v) is 7.46. The quantitative estimate of drug-likeness (QED) is 0.899. The van der Waals surface area contributed by atoms with Gasteiger partial charge >= 0.3 is 0 Å². The van der Waals surface area contributed by atoms with Crippen LogP contribution in [0.4, 0.5) is 0 Å². The summed E-state index contributed by atoms with van der Waals surface area (Å²) in [7, 11) is -3.44. The highest BCUT2D eigenvalue weighted by molar-refractivity contribution is 9.10. The Morgan fingerprint density at radius 1 is 1.44 bits per heavy atom. The molecule has 4 nitrogen and oxygen atoms in total. The van der Waals surface area contributed by atoms with Gasteiger partial charge in [0.15, 0.2) is 0 Å². The molecular formula is C12H17BrN2O2S. The first-order chi connectivity index (χ1) is 8.41. The lowest BCUT2D eigenvalue weighted by molar-refractivity contribution is 0.316. The molecule has 100 valence electrons. The third-order valence-electron chi connectivity index (χ3n) is 3.13. The number of nitrogens with zero attached hydrogens (tertiary/aromatic N) is 1. The zero-order valence-corrected chi connectivity index (χ0v) is 12.7. The number of sulfonamides is 1. The summed E-state index contributed by atoms with van der Waals surface area (Å²) in [5.41, 5.74) is 6.87. The lowest BCUT2D eigenvalue weighted by Crippen LogP contribution is -2.45. The van der Waals surface area contributed by atoms with Gasteiger partial charge < -0.3 is 5.73 Å². The van der Waals surface area contributed by atoms with Crippen molar-refractivity contribution in [3.05, 3.63) is 28.2 Å². The van der Waals surface area contributed by atoms with Gasteiger partial charge in [0.25, 0.3) is 0 Å². The Bertz CT molecular complexity index is 545. The van der Waals surface area contributed by atoms with Gasteiger partial charge in [-0.2, -0.15) is 4.31 Å². The summed E-state index contributed by atoms with van der Waals surface area (Å²) in [5, 5.41) is 0. The van der Waals surface area contributed by atoms with Crippen LogP contribution in [0, 0.1) is 6.92 Å². The summed E-state index contributed by atoms with van der Waals surface area (Å²) < 4.78 is 27.1. The van der Waals surface area contributed by atoms with E-state index < -0.39 is 10.0 Å². The van der Waals surface area contributed by atoms with Crippen LogP contribution in [-0.2, 0) is 10.0 Å². The molecular weight excluding hydrogens is 316 g/mol. The standard InChI is InChI=1S/C12H17BrN2O2S/c1-9-4-5-12(11(13)7-9)18(16,17)15-6-2-3-10(14)8-15/h4-5,7,10H,2-3,6,8,14H2,1H3/t10-/m1/s1. The van der Waals surface area contributed by atoms with Gasteiger partial charge in [0.1, 0.15) is 0 Å². The fourth-order valence-corrected chi connectivity index (χ4v) is 4.83. The highest BCUT2D eigenvalue weighted by Gasteiger charge is 2.30. The van der Waals surface area contributed by atoms with Gasteiger partial charge in [-0.25, -0.2) is 8.42 Å².